The van der Waals surface area contributed by atoms with Crippen LogP contribution in [0.2, 0.25) is 0 Å². The van der Waals surface area contributed by atoms with E-state index in [0.29, 0.717) is 5.41 Å². The SMILES string of the molecule is CNC1CCC(C)(C)CC1CN1CC2CCCN2CC1C. The molecule has 4 unspecified atom stereocenters. The van der Waals surface area contributed by atoms with Gasteiger partial charge in [0.15, 0.2) is 0 Å². The van der Waals surface area contributed by atoms with Crippen LogP contribution in [0.3, 0.4) is 0 Å². The zero-order valence-corrected chi connectivity index (χ0v) is 14.6. The molecule has 1 N–H and O–H groups in total. The number of nitrogens with one attached hydrogen (secondary N) is 1. The third kappa shape index (κ3) is 3.46. The first-order valence-electron chi connectivity index (χ1n) is 9.14. The van der Waals surface area contributed by atoms with Crippen LogP contribution in [-0.2, 0) is 0 Å². The van der Waals surface area contributed by atoms with Crippen molar-refractivity contribution in [1.82, 2.24) is 15.1 Å². The summed E-state index contributed by atoms with van der Waals surface area (Å²) in [5, 5.41) is 3.61. The molecule has 3 heteroatoms. The highest BCUT2D eigenvalue weighted by Gasteiger charge is 2.39. The van der Waals surface area contributed by atoms with Gasteiger partial charge in [-0.3, -0.25) is 9.80 Å². The zero-order valence-electron chi connectivity index (χ0n) is 14.6. The Balaban J connectivity index is 1.63. The van der Waals surface area contributed by atoms with Crippen molar-refractivity contribution in [1.29, 1.82) is 0 Å². The summed E-state index contributed by atoms with van der Waals surface area (Å²) in [7, 11) is 2.16. The molecule has 1 saturated carbocycles. The molecule has 0 aromatic rings. The Labute approximate surface area is 131 Å². The predicted molar refractivity (Wildman–Crippen MR) is 89.6 cm³/mol. The van der Waals surface area contributed by atoms with Gasteiger partial charge in [-0.2, -0.15) is 0 Å². The Kier molecular flexibility index (Phi) is 4.63. The second-order valence-electron chi connectivity index (χ2n) is 8.66. The lowest BCUT2D eigenvalue weighted by Crippen LogP contribution is -2.57. The van der Waals surface area contributed by atoms with Crippen molar-refractivity contribution < 1.29 is 0 Å². The molecular formula is C18H35N3. The Morgan fingerprint density at radius 1 is 1.19 bits per heavy atom. The van der Waals surface area contributed by atoms with E-state index in [0.717, 1.165) is 24.0 Å². The van der Waals surface area contributed by atoms with Gasteiger partial charge in [0.05, 0.1) is 0 Å². The van der Waals surface area contributed by atoms with Crippen LogP contribution in [0.5, 0.6) is 0 Å². The Bertz CT molecular complexity index is 354. The van der Waals surface area contributed by atoms with E-state index in [9.17, 15) is 0 Å². The molecule has 2 aliphatic heterocycles. The van der Waals surface area contributed by atoms with E-state index in [1.165, 1.54) is 58.3 Å². The number of fused-ring (bicyclic) bond motifs is 1. The maximum atomic E-state index is 3.61. The van der Waals surface area contributed by atoms with Gasteiger partial charge in [0.2, 0.25) is 0 Å². The first-order valence-corrected chi connectivity index (χ1v) is 9.14. The van der Waals surface area contributed by atoms with Crippen LogP contribution in [-0.4, -0.2) is 61.2 Å². The fourth-order valence-corrected chi connectivity index (χ4v) is 5.11. The maximum absolute atomic E-state index is 3.61. The number of hydrogen-bond donors (Lipinski definition) is 1. The topological polar surface area (TPSA) is 18.5 Å². The van der Waals surface area contributed by atoms with Gasteiger partial charge in [-0.25, -0.2) is 0 Å². The van der Waals surface area contributed by atoms with Crippen LogP contribution in [0, 0.1) is 11.3 Å². The highest BCUT2D eigenvalue weighted by molar-refractivity contribution is 4.95. The number of nitrogens with zero attached hydrogens (tertiary/aromatic N) is 2. The molecule has 2 heterocycles. The van der Waals surface area contributed by atoms with Crippen LogP contribution in [0.1, 0.15) is 52.9 Å². The van der Waals surface area contributed by atoms with Crippen molar-refractivity contribution in [3.05, 3.63) is 0 Å². The quantitative estimate of drug-likeness (QED) is 0.863. The minimum Gasteiger partial charge on any atom is -0.317 e. The lowest BCUT2D eigenvalue weighted by atomic mass is 9.69. The molecule has 3 nitrogen and oxygen atoms in total. The van der Waals surface area contributed by atoms with E-state index in [2.05, 4.69) is 42.9 Å². The average Bonchev–Trinajstić information content (AvgIpc) is 2.85. The first kappa shape index (κ1) is 15.8. The van der Waals surface area contributed by atoms with Gasteiger partial charge >= 0.3 is 0 Å². The molecular weight excluding hydrogens is 258 g/mol. The van der Waals surface area contributed by atoms with E-state index in [4.69, 9.17) is 0 Å². The van der Waals surface area contributed by atoms with Crippen molar-refractivity contribution >= 4 is 0 Å². The van der Waals surface area contributed by atoms with Gasteiger partial charge in [-0.1, -0.05) is 13.8 Å². The van der Waals surface area contributed by atoms with Crippen LogP contribution in [0.4, 0.5) is 0 Å². The summed E-state index contributed by atoms with van der Waals surface area (Å²) in [4.78, 5) is 5.55. The normalized spacial score (nSPS) is 41.1. The third-order valence-electron chi connectivity index (χ3n) is 6.42. The summed E-state index contributed by atoms with van der Waals surface area (Å²) in [5.74, 6) is 0.828. The molecule has 0 amide bonds. The third-order valence-corrected chi connectivity index (χ3v) is 6.42. The van der Waals surface area contributed by atoms with Crippen LogP contribution >= 0.6 is 0 Å². The number of hydrogen-bond acceptors (Lipinski definition) is 3. The first-order chi connectivity index (χ1) is 9.98. The summed E-state index contributed by atoms with van der Waals surface area (Å²) >= 11 is 0. The minimum atomic E-state index is 0.538. The maximum Gasteiger partial charge on any atom is 0.0224 e. The van der Waals surface area contributed by atoms with Gasteiger partial charge < -0.3 is 5.32 Å². The van der Waals surface area contributed by atoms with Crippen molar-refractivity contribution in [3.63, 3.8) is 0 Å². The fraction of sp³-hybridized carbons (Fsp3) is 1.00. The largest absolute Gasteiger partial charge is 0.317 e. The van der Waals surface area contributed by atoms with Crippen molar-refractivity contribution in [3.8, 4) is 0 Å². The van der Waals surface area contributed by atoms with Crippen molar-refractivity contribution in [2.24, 2.45) is 11.3 Å². The second kappa shape index (κ2) is 6.17. The van der Waals surface area contributed by atoms with E-state index < -0.39 is 0 Å². The second-order valence-corrected chi connectivity index (χ2v) is 8.66. The Morgan fingerprint density at radius 3 is 2.76 bits per heavy atom. The zero-order chi connectivity index (χ0) is 15.0. The Hall–Kier alpha value is -0.120. The van der Waals surface area contributed by atoms with Crippen LogP contribution < -0.4 is 5.32 Å². The smallest absolute Gasteiger partial charge is 0.0224 e. The molecule has 0 aromatic heterocycles. The summed E-state index contributed by atoms with van der Waals surface area (Å²) in [5.41, 5.74) is 0.538. The van der Waals surface area contributed by atoms with Gasteiger partial charge in [0, 0.05) is 37.8 Å². The molecule has 0 spiro atoms. The van der Waals surface area contributed by atoms with Gasteiger partial charge in [-0.15, -0.1) is 0 Å². The molecule has 1 aliphatic carbocycles. The number of piperazine rings is 1. The summed E-state index contributed by atoms with van der Waals surface area (Å²) in [6.07, 6.45) is 6.96. The molecule has 0 aromatic carbocycles. The molecule has 21 heavy (non-hydrogen) atoms. The molecule has 4 atom stereocenters. The standard InChI is InChI=1S/C18H35N3/c1-14-11-20-9-5-6-16(20)13-21(14)12-15-10-18(2,3)8-7-17(15)19-4/h14-17,19H,5-13H2,1-4H3. The van der Waals surface area contributed by atoms with E-state index in [1.807, 2.05) is 0 Å². The molecule has 3 fully saturated rings. The molecule has 3 rings (SSSR count). The Morgan fingerprint density at radius 2 is 2.00 bits per heavy atom. The molecule has 0 radical (unpaired) electrons. The van der Waals surface area contributed by atoms with Gasteiger partial charge in [0.1, 0.15) is 0 Å². The van der Waals surface area contributed by atoms with Crippen molar-refractivity contribution in [2.75, 3.05) is 33.2 Å². The van der Waals surface area contributed by atoms with E-state index >= 15 is 0 Å². The molecule has 122 valence electrons. The van der Waals surface area contributed by atoms with E-state index in [1.54, 1.807) is 0 Å². The number of rotatable bonds is 3. The molecule has 3 aliphatic rings. The van der Waals surface area contributed by atoms with E-state index in [-0.39, 0.29) is 0 Å². The van der Waals surface area contributed by atoms with Crippen molar-refractivity contribution in [2.45, 2.75) is 71.0 Å². The minimum absolute atomic E-state index is 0.538. The average molecular weight is 293 g/mol. The monoisotopic (exact) mass is 293 g/mol. The predicted octanol–water partition coefficient (Wildman–Crippen LogP) is 2.57. The van der Waals surface area contributed by atoms with Crippen LogP contribution in [0.25, 0.3) is 0 Å². The highest BCUT2D eigenvalue weighted by atomic mass is 15.3. The van der Waals surface area contributed by atoms with Gasteiger partial charge in [-0.05, 0) is 64.0 Å². The van der Waals surface area contributed by atoms with Crippen LogP contribution in [0.15, 0.2) is 0 Å². The molecule has 2 saturated heterocycles. The van der Waals surface area contributed by atoms with Gasteiger partial charge in [0.25, 0.3) is 0 Å². The summed E-state index contributed by atoms with van der Waals surface area (Å²) < 4.78 is 0. The molecule has 0 bridgehead atoms. The fourth-order valence-electron chi connectivity index (χ4n) is 5.11. The highest BCUT2D eigenvalue weighted by Crippen LogP contribution is 2.39. The lowest BCUT2D eigenvalue weighted by molar-refractivity contribution is 0.0254. The lowest BCUT2D eigenvalue weighted by Gasteiger charge is -2.47. The summed E-state index contributed by atoms with van der Waals surface area (Å²) in [6, 6.07) is 2.32. The summed E-state index contributed by atoms with van der Waals surface area (Å²) in [6.45, 7) is 12.6.